The summed E-state index contributed by atoms with van der Waals surface area (Å²) in [6.45, 7) is 0.421. The maximum Gasteiger partial charge on any atom is 0.426 e. The smallest absolute Gasteiger partial charge is 0.426 e. The van der Waals surface area contributed by atoms with Gasteiger partial charge < -0.3 is 5.11 Å². The van der Waals surface area contributed by atoms with E-state index < -0.39 is 12.1 Å². The molecule has 0 saturated carbocycles. The second-order valence-electron chi connectivity index (χ2n) is 6.11. The minimum atomic E-state index is -1.26. The number of hydrazine groups is 1. The third-order valence-corrected chi connectivity index (χ3v) is 4.32. The lowest BCUT2D eigenvalue weighted by atomic mass is 10.1. The summed E-state index contributed by atoms with van der Waals surface area (Å²) in [7, 11) is 0. The molecule has 2 aromatic rings. The van der Waals surface area contributed by atoms with Crippen molar-refractivity contribution >= 4 is 24.6 Å². The van der Waals surface area contributed by atoms with E-state index in [-0.39, 0.29) is 26.1 Å². The molecule has 8 nitrogen and oxygen atoms in total. The van der Waals surface area contributed by atoms with E-state index in [1.807, 2.05) is 36.6 Å². The number of hydrogen-bond donors (Lipinski definition) is 1. The molecule has 0 bridgehead atoms. The fourth-order valence-corrected chi connectivity index (χ4v) is 2.90. The molecule has 1 aliphatic rings. The molecule has 143 valence electrons. The zero-order valence-corrected chi connectivity index (χ0v) is 15.1. The van der Waals surface area contributed by atoms with Crippen molar-refractivity contribution in [2.45, 2.75) is 13.0 Å². The third kappa shape index (κ3) is 4.35. The molecule has 1 fully saturated rings. The Balaban J connectivity index is 1.75. The number of hydrazone groups is 1. The van der Waals surface area contributed by atoms with Crippen LogP contribution in [0.2, 0.25) is 0 Å². The van der Waals surface area contributed by atoms with Gasteiger partial charge in [-0.3, -0.25) is 4.79 Å². The summed E-state index contributed by atoms with van der Waals surface area (Å²) >= 11 is 0. The predicted molar refractivity (Wildman–Crippen MR) is 102 cm³/mol. The number of rotatable bonds is 7. The zero-order chi connectivity index (χ0) is 19.9. The molecule has 0 aliphatic carbocycles. The van der Waals surface area contributed by atoms with Crippen LogP contribution in [0.25, 0.3) is 0 Å². The van der Waals surface area contributed by atoms with Crippen molar-refractivity contribution in [3.63, 3.8) is 0 Å². The Kier molecular flexibility index (Phi) is 6.01. The van der Waals surface area contributed by atoms with Crippen LogP contribution in [0, 0.1) is 0 Å². The number of carboxylic acid groups (broad SMARTS) is 1. The highest BCUT2D eigenvalue weighted by molar-refractivity contribution is 5.83. The first-order valence-electron chi connectivity index (χ1n) is 8.70. The average molecular weight is 379 g/mol. The van der Waals surface area contributed by atoms with Crippen molar-refractivity contribution in [1.29, 1.82) is 0 Å². The van der Waals surface area contributed by atoms with Gasteiger partial charge in [0.25, 0.3) is 0 Å². The van der Waals surface area contributed by atoms with Crippen LogP contribution in [0.3, 0.4) is 0 Å². The van der Waals surface area contributed by atoms with Crippen LogP contribution >= 0.6 is 0 Å². The summed E-state index contributed by atoms with van der Waals surface area (Å²) in [5.74, 6) is 0. The Morgan fingerprint density at radius 2 is 1.79 bits per heavy atom. The van der Waals surface area contributed by atoms with E-state index in [1.54, 1.807) is 30.5 Å². The first-order valence-corrected chi connectivity index (χ1v) is 8.70. The second-order valence-corrected chi connectivity index (χ2v) is 6.11. The van der Waals surface area contributed by atoms with Gasteiger partial charge in [-0.1, -0.05) is 54.6 Å². The molecule has 28 heavy (non-hydrogen) atoms. The minimum Gasteiger partial charge on any atom is -0.464 e. The molecule has 8 heteroatoms. The molecular weight excluding hydrogens is 360 g/mol. The van der Waals surface area contributed by atoms with E-state index in [2.05, 4.69) is 5.10 Å². The summed E-state index contributed by atoms with van der Waals surface area (Å²) in [6, 6.07) is 15.8. The molecule has 1 aliphatic heterocycles. The van der Waals surface area contributed by atoms with E-state index in [0.717, 1.165) is 15.6 Å². The van der Waals surface area contributed by atoms with Crippen LogP contribution in [0.5, 0.6) is 0 Å². The molecule has 0 spiro atoms. The monoisotopic (exact) mass is 379 g/mol. The molecular formula is C20H19N4O4. The largest absolute Gasteiger partial charge is 0.464 e. The highest BCUT2D eigenvalue weighted by Crippen LogP contribution is 2.18. The van der Waals surface area contributed by atoms with Crippen LogP contribution in [-0.4, -0.2) is 57.8 Å². The van der Waals surface area contributed by atoms with Gasteiger partial charge in [0.1, 0.15) is 0 Å². The van der Waals surface area contributed by atoms with Crippen molar-refractivity contribution in [2.24, 2.45) is 5.10 Å². The van der Waals surface area contributed by atoms with Gasteiger partial charge in [0, 0.05) is 6.42 Å². The van der Waals surface area contributed by atoms with Gasteiger partial charge in [-0.25, -0.2) is 24.6 Å². The van der Waals surface area contributed by atoms with Gasteiger partial charge in [0.15, 0.2) is 0 Å². The number of carbonyl (C=O) groups is 2. The fraction of sp³-hybridized carbons (Fsp3) is 0.200. The molecule has 1 heterocycles. The maximum atomic E-state index is 12.6. The van der Waals surface area contributed by atoms with E-state index in [1.165, 1.54) is 5.01 Å². The number of amides is 3. The quantitative estimate of drug-likeness (QED) is 0.748. The number of hydrogen-bond acceptors (Lipinski definition) is 4. The Morgan fingerprint density at radius 1 is 1.11 bits per heavy atom. The topological polar surface area (TPSA) is 93.5 Å². The molecule has 1 saturated heterocycles. The third-order valence-electron chi connectivity index (χ3n) is 4.32. The number of nitrogens with zero attached hydrogens (tertiary/aromatic N) is 4. The highest BCUT2D eigenvalue weighted by Gasteiger charge is 2.35. The minimum absolute atomic E-state index is 0.0465. The van der Waals surface area contributed by atoms with Crippen LogP contribution in [0.1, 0.15) is 16.7 Å². The Bertz CT molecular complexity index is 885. The molecule has 1 radical (unpaired) electrons. The van der Waals surface area contributed by atoms with Crippen LogP contribution < -0.4 is 0 Å². The number of urea groups is 1. The van der Waals surface area contributed by atoms with Crippen molar-refractivity contribution in [2.75, 3.05) is 13.1 Å². The van der Waals surface area contributed by atoms with E-state index >= 15 is 0 Å². The first kappa shape index (κ1) is 19.1. The Labute approximate surface area is 162 Å². The summed E-state index contributed by atoms with van der Waals surface area (Å²) in [5.41, 5.74) is 2.16. The van der Waals surface area contributed by atoms with Gasteiger partial charge in [-0.15, -0.1) is 0 Å². The Morgan fingerprint density at radius 3 is 2.46 bits per heavy atom. The normalized spacial score (nSPS) is 13.9. The van der Waals surface area contributed by atoms with Crippen LogP contribution in [0.15, 0.2) is 59.7 Å². The van der Waals surface area contributed by atoms with Gasteiger partial charge in [-0.05, 0) is 16.7 Å². The second kappa shape index (κ2) is 8.81. The van der Waals surface area contributed by atoms with Crippen molar-refractivity contribution < 1.29 is 19.5 Å². The standard InChI is InChI=1S/C20H19N4O4/c25-13-10-17-8-4-5-9-18(17)15-24(20(27)28)23-12-11-22(19(23)26)21-14-16-6-2-1-3-7-16/h1-9,14H,10-12,15H2,(H,27,28). The van der Waals surface area contributed by atoms with Gasteiger partial charge in [0.2, 0.25) is 6.29 Å². The van der Waals surface area contributed by atoms with Crippen molar-refractivity contribution in [1.82, 2.24) is 15.0 Å². The van der Waals surface area contributed by atoms with Crippen molar-refractivity contribution in [3.05, 3.63) is 71.3 Å². The van der Waals surface area contributed by atoms with E-state index in [0.29, 0.717) is 11.1 Å². The Hall–Kier alpha value is -3.68. The predicted octanol–water partition coefficient (Wildman–Crippen LogP) is 2.51. The van der Waals surface area contributed by atoms with E-state index in [4.69, 9.17) is 0 Å². The zero-order valence-electron chi connectivity index (χ0n) is 15.1. The molecule has 0 atom stereocenters. The maximum absolute atomic E-state index is 12.6. The fourth-order valence-electron chi connectivity index (χ4n) is 2.90. The van der Waals surface area contributed by atoms with E-state index in [9.17, 15) is 19.5 Å². The molecule has 0 unspecified atom stereocenters. The summed E-state index contributed by atoms with van der Waals surface area (Å²) in [5, 5.41) is 17.1. The average Bonchev–Trinajstić information content (AvgIpc) is 3.06. The number of benzene rings is 2. The molecule has 3 rings (SSSR count). The van der Waals surface area contributed by atoms with Crippen LogP contribution in [0.4, 0.5) is 9.59 Å². The summed E-state index contributed by atoms with van der Waals surface area (Å²) < 4.78 is 0. The number of carbonyl (C=O) groups excluding carboxylic acids is 2. The van der Waals surface area contributed by atoms with Crippen molar-refractivity contribution in [3.8, 4) is 0 Å². The molecule has 0 aromatic heterocycles. The lowest BCUT2D eigenvalue weighted by molar-refractivity contribution is 0.0270. The van der Waals surface area contributed by atoms with Crippen LogP contribution in [-0.2, 0) is 17.8 Å². The summed E-state index contributed by atoms with van der Waals surface area (Å²) in [6.07, 6.45) is 2.18. The SMILES string of the molecule is O=[C]Cc1ccccc1CN(C(=O)O)N1CCN(N=Cc2ccccc2)C1=O. The first-order chi connectivity index (χ1) is 13.6. The van der Waals surface area contributed by atoms with Gasteiger partial charge in [-0.2, -0.15) is 5.10 Å². The van der Waals surface area contributed by atoms with Gasteiger partial charge >= 0.3 is 12.1 Å². The summed E-state index contributed by atoms with van der Waals surface area (Å²) in [4.78, 5) is 35.2. The van der Waals surface area contributed by atoms with Gasteiger partial charge in [0.05, 0.1) is 25.8 Å². The molecule has 3 amide bonds. The lowest BCUT2D eigenvalue weighted by Crippen LogP contribution is -2.47. The molecule has 1 N–H and O–H groups in total. The lowest BCUT2D eigenvalue weighted by Gasteiger charge is -2.28. The molecule has 2 aromatic carbocycles. The highest BCUT2D eigenvalue weighted by atomic mass is 16.4.